The highest BCUT2D eigenvalue weighted by molar-refractivity contribution is 9.10. The van der Waals surface area contributed by atoms with Crippen LogP contribution >= 0.6 is 28.1 Å². The van der Waals surface area contributed by atoms with Gasteiger partial charge in [-0.25, -0.2) is 0 Å². The fourth-order valence-electron chi connectivity index (χ4n) is 2.70. The number of fused-ring (bicyclic) bond motifs is 1. The molecule has 0 aromatic heterocycles. The molecule has 0 aliphatic heterocycles. The van der Waals surface area contributed by atoms with Crippen LogP contribution in [0, 0.1) is 0 Å². The molecule has 3 N–H and O–H groups in total. The van der Waals surface area contributed by atoms with Crippen molar-refractivity contribution in [2.24, 2.45) is 0 Å². The lowest BCUT2D eigenvalue weighted by molar-refractivity contribution is 0.0979. The van der Waals surface area contributed by atoms with Crippen molar-refractivity contribution in [1.82, 2.24) is 5.32 Å². The molecule has 0 heterocycles. The van der Waals surface area contributed by atoms with Crippen molar-refractivity contribution in [3.8, 4) is 5.75 Å². The summed E-state index contributed by atoms with van der Waals surface area (Å²) in [7, 11) is 0. The van der Waals surface area contributed by atoms with Crippen LogP contribution in [0.1, 0.15) is 22.8 Å². The molecule has 0 spiro atoms. The minimum atomic E-state index is -0.308. The molecule has 0 aliphatic rings. The quantitative estimate of drug-likeness (QED) is 0.405. The van der Waals surface area contributed by atoms with Crippen molar-refractivity contribution < 1.29 is 9.90 Å². The number of carbonyl (C=O) groups excluding carboxylic acids is 1. The molecule has 132 valence electrons. The lowest BCUT2D eigenvalue weighted by atomic mass is 10.0. The number of aryl methyl sites for hydroxylation is 1. The van der Waals surface area contributed by atoms with Gasteiger partial charge in [0.1, 0.15) is 5.75 Å². The minimum Gasteiger partial charge on any atom is -0.506 e. The highest BCUT2D eigenvalue weighted by Gasteiger charge is 2.13. The molecule has 0 atom stereocenters. The van der Waals surface area contributed by atoms with E-state index < -0.39 is 0 Å². The van der Waals surface area contributed by atoms with E-state index in [0.29, 0.717) is 11.3 Å². The maximum atomic E-state index is 12.7. The monoisotopic (exact) mass is 428 g/mol. The number of carbonyl (C=O) groups is 1. The van der Waals surface area contributed by atoms with Crippen molar-refractivity contribution in [2.45, 2.75) is 13.3 Å². The molecular formula is C20H17BrN2O2S. The first-order chi connectivity index (χ1) is 12.5. The van der Waals surface area contributed by atoms with Crippen LogP contribution < -0.4 is 10.6 Å². The van der Waals surface area contributed by atoms with E-state index in [4.69, 9.17) is 12.2 Å². The molecule has 0 fully saturated rings. The van der Waals surface area contributed by atoms with Crippen LogP contribution in [-0.4, -0.2) is 16.1 Å². The first-order valence-electron chi connectivity index (χ1n) is 8.11. The number of hydrogen-bond acceptors (Lipinski definition) is 3. The fourth-order valence-corrected chi connectivity index (χ4v) is 3.40. The van der Waals surface area contributed by atoms with Crippen LogP contribution in [0.2, 0.25) is 0 Å². The minimum absolute atomic E-state index is 0.0768. The zero-order chi connectivity index (χ0) is 18.7. The van der Waals surface area contributed by atoms with E-state index >= 15 is 0 Å². The van der Waals surface area contributed by atoms with Crippen LogP contribution in [0.15, 0.2) is 59.1 Å². The Morgan fingerprint density at radius 2 is 1.85 bits per heavy atom. The van der Waals surface area contributed by atoms with Crippen molar-refractivity contribution in [2.75, 3.05) is 5.32 Å². The van der Waals surface area contributed by atoms with E-state index in [2.05, 4.69) is 26.6 Å². The molecule has 0 saturated carbocycles. The lowest BCUT2D eigenvalue weighted by Crippen LogP contribution is -2.34. The largest absolute Gasteiger partial charge is 0.506 e. The summed E-state index contributed by atoms with van der Waals surface area (Å²) in [6.07, 6.45) is 0.832. The van der Waals surface area contributed by atoms with Crippen molar-refractivity contribution in [3.63, 3.8) is 0 Å². The summed E-state index contributed by atoms with van der Waals surface area (Å²) in [4.78, 5) is 12.7. The molecule has 1 amide bonds. The van der Waals surface area contributed by atoms with Crippen molar-refractivity contribution in [1.29, 1.82) is 0 Å². The highest BCUT2D eigenvalue weighted by atomic mass is 79.9. The number of aromatic hydroxyl groups is 1. The zero-order valence-corrected chi connectivity index (χ0v) is 16.4. The third kappa shape index (κ3) is 3.86. The van der Waals surface area contributed by atoms with Crippen LogP contribution in [0.4, 0.5) is 5.69 Å². The summed E-state index contributed by atoms with van der Waals surface area (Å²) >= 11 is 8.74. The predicted octanol–water partition coefficient (Wildman–Crippen LogP) is 5.00. The Morgan fingerprint density at radius 1 is 1.12 bits per heavy atom. The summed E-state index contributed by atoms with van der Waals surface area (Å²) in [5.74, 6) is -0.231. The summed E-state index contributed by atoms with van der Waals surface area (Å²) < 4.78 is 0.923. The number of rotatable bonds is 3. The molecule has 0 unspecified atom stereocenters. The molecule has 6 heteroatoms. The normalized spacial score (nSPS) is 10.5. The van der Waals surface area contributed by atoms with Crippen LogP contribution in [0.25, 0.3) is 10.8 Å². The van der Waals surface area contributed by atoms with E-state index in [1.54, 1.807) is 12.1 Å². The van der Waals surface area contributed by atoms with Gasteiger partial charge in [0.25, 0.3) is 5.91 Å². The van der Waals surface area contributed by atoms with Gasteiger partial charge in [-0.05, 0) is 59.2 Å². The Morgan fingerprint density at radius 3 is 2.62 bits per heavy atom. The Labute approximate surface area is 165 Å². The molecular weight excluding hydrogens is 412 g/mol. The number of anilines is 1. The zero-order valence-electron chi connectivity index (χ0n) is 14.0. The molecule has 0 saturated heterocycles. The van der Waals surface area contributed by atoms with Gasteiger partial charge in [0.15, 0.2) is 5.11 Å². The van der Waals surface area contributed by atoms with Crippen LogP contribution in [-0.2, 0) is 6.42 Å². The standard InChI is InChI=1S/C20H17BrN2O2S/c1-2-12-9-10-18(24)17(11-12)22-20(26)23-19(25)15-7-3-6-14-13(15)5-4-8-16(14)21/h3-11,24H,2H2,1H3,(H2,22,23,25,26). The van der Waals surface area contributed by atoms with E-state index in [9.17, 15) is 9.90 Å². The molecule has 0 bridgehead atoms. The maximum absolute atomic E-state index is 12.7. The molecule has 3 aromatic rings. The van der Waals surface area contributed by atoms with Gasteiger partial charge in [-0.1, -0.05) is 53.2 Å². The van der Waals surface area contributed by atoms with Crippen LogP contribution in [0.5, 0.6) is 5.75 Å². The number of nitrogens with one attached hydrogen (secondary N) is 2. The highest BCUT2D eigenvalue weighted by Crippen LogP contribution is 2.27. The second-order valence-corrected chi connectivity index (χ2v) is 7.02. The van der Waals surface area contributed by atoms with E-state index in [0.717, 1.165) is 27.2 Å². The van der Waals surface area contributed by atoms with Crippen molar-refractivity contribution in [3.05, 3.63) is 70.2 Å². The Bertz CT molecular complexity index is 1000. The topological polar surface area (TPSA) is 61.4 Å². The second kappa shape index (κ2) is 7.85. The van der Waals surface area contributed by atoms with Gasteiger partial charge < -0.3 is 10.4 Å². The Hall–Kier alpha value is -2.44. The van der Waals surface area contributed by atoms with Crippen molar-refractivity contribution >= 4 is 55.6 Å². The first-order valence-corrected chi connectivity index (χ1v) is 9.31. The van der Waals surface area contributed by atoms with Gasteiger partial charge in [0.2, 0.25) is 0 Å². The van der Waals surface area contributed by atoms with Gasteiger partial charge in [0, 0.05) is 10.0 Å². The van der Waals surface area contributed by atoms with Gasteiger partial charge in [-0.2, -0.15) is 0 Å². The fraction of sp³-hybridized carbons (Fsp3) is 0.100. The third-order valence-electron chi connectivity index (χ3n) is 4.06. The predicted molar refractivity (Wildman–Crippen MR) is 113 cm³/mol. The number of amides is 1. The summed E-state index contributed by atoms with van der Waals surface area (Å²) in [5, 5.41) is 17.4. The molecule has 4 nitrogen and oxygen atoms in total. The average Bonchev–Trinajstić information content (AvgIpc) is 2.63. The third-order valence-corrected chi connectivity index (χ3v) is 4.95. The number of hydrogen-bond donors (Lipinski definition) is 3. The second-order valence-electron chi connectivity index (χ2n) is 5.75. The maximum Gasteiger partial charge on any atom is 0.258 e. The summed E-state index contributed by atoms with van der Waals surface area (Å²) in [6.45, 7) is 2.02. The number of thiocarbonyl (C=S) groups is 1. The lowest BCUT2D eigenvalue weighted by Gasteiger charge is -2.13. The smallest absolute Gasteiger partial charge is 0.258 e. The van der Waals surface area contributed by atoms with E-state index in [1.165, 1.54) is 0 Å². The molecule has 3 rings (SSSR count). The average molecular weight is 429 g/mol. The number of benzene rings is 3. The van der Waals surface area contributed by atoms with Gasteiger partial charge >= 0.3 is 0 Å². The Kier molecular flexibility index (Phi) is 5.54. The van der Waals surface area contributed by atoms with Gasteiger partial charge in [0.05, 0.1) is 5.69 Å². The van der Waals surface area contributed by atoms with E-state index in [1.807, 2.05) is 49.4 Å². The van der Waals surface area contributed by atoms with E-state index in [-0.39, 0.29) is 16.8 Å². The molecule has 3 aromatic carbocycles. The first kappa shape index (κ1) is 18.4. The summed E-state index contributed by atoms with van der Waals surface area (Å²) in [5.41, 5.74) is 2.05. The molecule has 26 heavy (non-hydrogen) atoms. The molecule has 0 aliphatic carbocycles. The number of phenols is 1. The van der Waals surface area contributed by atoms with Crippen LogP contribution in [0.3, 0.4) is 0 Å². The SMILES string of the molecule is CCc1ccc(O)c(NC(=S)NC(=O)c2cccc3c(Br)cccc23)c1. The molecule has 0 radical (unpaired) electrons. The Balaban J connectivity index is 1.80. The number of halogens is 1. The summed E-state index contributed by atoms with van der Waals surface area (Å²) in [6, 6.07) is 16.5. The van der Waals surface area contributed by atoms with Gasteiger partial charge in [-0.15, -0.1) is 0 Å². The number of phenolic OH excluding ortho intramolecular Hbond substituents is 1. The van der Waals surface area contributed by atoms with Gasteiger partial charge in [-0.3, -0.25) is 10.1 Å².